The zero-order valence-electron chi connectivity index (χ0n) is 14.2. The van der Waals surface area contributed by atoms with Crippen LogP contribution in [0.4, 0.5) is 5.82 Å². The molecule has 0 aliphatic carbocycles. The Balaban J connectivity index is 2.98. The number of carbonyl (C=O) groups is 2. The molecule has 0 atom stereocenters. The van der Waals surface area contributed by atoms with Crippen LogP contribution in [-0.2, 0) is 0 Å². The van der Waals surface area contributed by atoms with Crippen molar-refractivity contribution < 1.29 is 29.3 Å². The fraction of sp³-hybridized carbons (Fsp3) is 0.235. The first-order valence-corrected chi connectivity index (χ1v) is 7.65. The Morgan fingerprint density at radius 3 is 2.38 bits per heavy atom. The van der Waals surface area contributed by atoms with E-state index in [-0.39, 0.29) is 29.2 Å². The van der Waals surface area contributed by atoms with Crippen molar-refractivity contribution in [3.8, 4) is 22.6 Å². The van der Waals surface area contributed by atoms with Crippen molar-refractivity contribution >= 4 is 17.8 Å². The van der Waals surface area contributed by atoms with Crippen molar-refractivity contribution in [2.75, 3.05) is 19.5 Å². The van der Waals surface area contributed by atoms with Gasteiger partial charge in [-0.15, -0.1) is 0 Å². The summed E-state index contributed by atoms with van der Waals surface area (Å²) < 4.78 is 10.9. The number of rotatable bonds is 7. The van der Waals surface area contributed by atoms with E-state index in [2.05, 4.69) is 4.98 Å². The number of H-pyrrole nitrogens is 1. The lowest BCUT2D eigenvalue weighted by Crippen LogP contribution is -2.24. The minimum absolute atomic E-state index is 0.0883. The topological polar surface area (TPSA) is 152 Å². The van der Waals surface area contributed by atoms with Crippen LogP contribution >= 0.6 is 0 Å². The summed E-state index contributed by atoms with van der Waals surface area (Å²) in [6.07, 6.45) is 0.645. The molecule has 1 aromatic heterocycles. The molecule has 1 aromatic carbocycles. The van der Waals surface area contributed by atoms with Gasteiger partial charge in [-0.25, -0.2) is 9.59 Å². The molecule has 0 radical (unpaired) electrons. The normalized spacial score (nSPS) is 10.4. The molecule has 2 aromatic rings. The van der Waals surface area contributed by atoms with Crippen molar-refractivity contribution in [3.63, 3.8) is 0 Å². The zero-order chi connectivity index (χ0) is 19.4. The number of hydrogen-bond donors (Lipinski definition) is 4. The number of methoxy groups -OCH3 is 1. The summed E-state index contributed by atoms with van der Waals surface area (Å²) in [5.74, 6) is -3.13. The molecule has 0 aliphatic heterocycles. The highest BCUT2D eigenvalue weighted by molar-refractivity contribution is 6.08. The smallest absolute Gasteiger partial charge is 0.342 e. The first-order valence-electron chi connectivity index (χ1n) is 7.65. The van der Waals surface area contributed by atoms with Gasteiger partial charge in [-0.2, -0.15) is 0 Å². The van der Waals surface area contributed by atoms with Crippen LogP contribution in [0, 0.1) is 0 Å². The number of nitrogen functional groups attached to an aromatic ring is 1. The number of aromatic nitrogens is 1. The van der Waals surface area contributed by atoms with Crippen LogP contribution in [0.15, 0.2) is 23.0 Å². The van der Waals surface area contributed by atoms with Gasteiger partial charge in [0.1, 0.15) is 16.9 Å². The van der Waals surface area contributed by atoms with E-state index in [0.29, 0.717) is 6.42 Å². The van der Waals surface area contributed by atoms with Gasteiger partial charge in [0.2, 0.25) is 0 Å². The lowest BCUT2D eigenvalue weighted by molar-refractivity contribution is 0.0695. The van der Waals surface area contributed by atoms with Crippen LogP contribution in [0.5, 0.6) is 11.5 Å². The largest absolute Gasteiger partial charge is 0.493 e. The van der Waals surface area contributed by atoms with Crippen LogP contribution in [0.25, 0.3) is 11.1 Å². The third-order valence-electron chi connectivity index (χ3n) is 3.59. The summed E-state index contributed by atoms with van der Waals surface area (Å²) in [5.41, 5.74) is 3.11. The molecule has 0 saturated carbocycles. The van der Waals surface area contributed by atoms with Crippen molar-refractivity contribution in [1.82, 2.24) is 4.98 Å². The molecule has 0 saturated heterocycles. The van der Waals surface area contributed by atoms with Gasteiger partial charge in [0.15, 0.2) is 11.5 Å². The van der Waals surface area contributed by atoms with E-state index < -0.39 is 34.4 Å². The molecule has 0 unspecified atom stereocenters. The number of ether oxygens (including phenoxy) is 2. The minimum Gasteiger partial charge on any atom is -0.493 e. The number of aromatic carboxylic acids is 2. The summed E-state index contributed by atoms with van der Waals surface area (Å²) >= 11 is 0. The van der Waals surface area contributed by atoms with Gasteiger partial charge in [-0.1, -0.05) is 19.1 Å². The summed E-state index contributed by atoms with van der Waals surface area (Å²) in [4.78, 5) is 37.6. The predicted molar refractivity (Wildman–Crippen MR) is 93.2 cm³/mol. The summed E-state index contributed by atoms with van der Waals surface area (Å²) in [7, 11) is 1.39. The SMILES string of the molecule is CCCOc1c(OC)cccc1-c1c(C(=O)O)c(N)[nH]c(=O)c1C(=O)O. The molecule has 0 spiro atoms. The number of nitrogens with two attached hydrogens (primary N) is 1. The van der Waals surface area contributed by atoms with Crippen LogP contribution in [0.1, 0.15) is 34.1 Å². The van der Waals surface area contributed by atoms with E-state index in [1.165, 1.54) is 19.2 Å². The van der Waals surface area contributed by atoms with E-state index in [0.717, 1.165) is 0 Å². The number of benzene rings is 1. The molecule has 0 fully saturated rings. The Labute approximate surface area is 148 Å². The number of hydrogen-bond acceptors (Lipinski definition) is 6. The minimum atomic E-state index is -1.59. The average molecular weight is 362 g/mol. The van der Waals surface area contributed by atoms with Crippen LogP contribution in [0.3, 0.4) is 0 Å². The van der Waals surface area contributed by atoms with E-state index in [9.17, 15) is 24.6 Å². The second kappa shape index (κ2) is 7.60. The van der Waals surface area contributed by atoms with Crippen molar-refractivity contribution in [3.05, 3.63) is 39.7 Å². The molecule has 2 rings (SSSR count). The van der Waals surface area contributed by atoms with Gasteiger partial charge in [0.25, 0.3) is 5.56 Å². The molecule has 0 bridgehead atoms. The molecule has 0 amide bonds. The second-order valence-electron chi connectivity index (χ2n) is 5.29. The van der Waals surface area contributed by atoms with Crippen molar-refractivity contribution in [1.29, 1.82) is 0 Å². The Hall–Kier alpha value is -3.49. The fourth-order valence-corrected chi connectivity index (χ4v) is 2.54. The van der Waals surface area contributed by atoms with Crippen LogP contribution in [-0.4, -0.2) is 40.9 Å². The molecule has 0 aliphatic rings. The van der Waals surface area contributed by atoms with Crippen molar-refractivity contribution in [2.45, 2.75) is 13.3 Å². The number of anilines is 1. The number of carboxylic acids is 2. The number of pyridine rings is 1. The van der Waals surface area contributed by atoms with Gasteiger partial charge in [0.05, 0.1) is 13.7 Å². The Morgan fingerprint density at radius 1 is 1.19 bits per heavy atom. The van der Waals surface area contributed by atoms with Gasteiger partial charge < -0.3 is 30.4 Å². The van der Waals surface area contributed by atoms with Gasteiger partial charge in [0, 0.05) is 11.1 Å². The third-order valence-corrected chi connectivity index (χ3v) is 3.59. The Kier molecular flexibility index (Phi) is 5.51. The maximum absolute atomic E-state index is 12.1. The van der Waals surface area contributed by atoms with E-state index in [1.54, 1.807) is 6.07 Å². The fourth-order valence-electron chi connectivity index (χ4n) is 2.54. The van der Waals surface area contributed by atoms with Gasteiger partial charge in [-0.3, -0.25) is 4.79 Å². The number of aromatic amines is 1. The highest BCUT2D eigenvalue weighted by atomic mass is 16.5. The lowest BCUT2D eigenvalue weighted by atomic mass is 9.94. The van der Waals surface area contributed by atoms with E-state index in [1.807, 2.05) is 6.92 Å². The summed E-state index contributed by atoms with van der Waals surface area (Å²) in [6.45, 7) is 2.14. The zero-order valence-corrected chi connectivity index (χ0v) is 14.2. The molecule has 26 heavy (non-hydrogen) atoms. The Bertz CT molecular complexity index is 918. The van der Waals surface area contributed by atoms with Crippen LogP contribution < -0.4 is 20.8 Å². The number of nitrogens with one attached hydrogen (secondary N) is 1. The number of carboxylic acid groups (broad SMARTS) is 2. The molecular weight excluding hydrogens is 344 g/mol. The average Bonchev–Trinajstić information content (AvgIpc) is 2.57. The summed E-state index contributed by atoms with van der Waals surface area (Å²) in [6, 6.07) is 4.55. The quantitative estimate of drug-likeness (QED) is 0.582. The predicted octanol–water partition coefficient (Wildman–Crippen LogP) is 1.82. The molecule has 9 nitrogen and oxygen atoms in total. The summed E-state index contributed by atoms with van der Waals surface area (Å²) in [5, 5.41) is 19.0. The third kappa shape index (κ3) is 3.32. The van der Waals surface area contributed by atoms with Crippen LogP contribution in [0.2, 0.25) is 0 Å². The second-order valence-corrected chi connectivity index (χ2v) is 5.29. The standard InChI is InChI=1S/C17H18N2O7/c1-3-7-26-13-8(5-4-6-9(13)25-2)10-11(16(21)22)14(18)19-15(20)12(10)17(23)24/h4-6H,3,7H2,1-2H3,(H,21,22)(H,23,24)(H3,18,19,20). The first kappa shape index (κ1) is 18.8. The molecule has 1 heterocycles. The highest BCUT2D eigenvalue weighted by Crippen LogP contribution is 2.41. The van der Waals surface area contributed by atoms with Crippen molar-refractivity contribution in [2.24, 2.45) is 0 Å². The first-order chi connectivity index (χ1) is 12.3. The van der Waals surface area contributed by atoms with Gasteiger partial charge in [-0.05, 0) is 12.5 Å². The Morgan fingerprint density at radius 2 is 1.85 bits per heavy atom. The monoisotopic (exact) mass is 362 g/mol. The maximum Gasteiger partial charge on any atom is 0.342 e. The molecule has 5 N–H and O–H groups in total. The molecular formula is C17H18N2O7. The number of para-hydroxylation sites is 1. The maximum atomic E-state index is 12.1. The lowest BCUT2D eigenvalue weighted by Gasteiger charge is -2.18. The molecule has 138 valence electrons. The highest BCUT2D eigenvalue weighted by Gasteiger charge is 2.29. The van der Waals surface area contributed by atoms with E-state index >= 15 is 0 Å². The molecule has 9 heteroatoms. The van der Waals surface area contributed by atoms with Gasteiger partial charge >= 0.3 is 11.9 Å². The van der Waals surface area contributed by atoms with E-state index in [4.69, 9.17) is 15.2 Å².